The standard InChI is InChI=1S/C22H19ClN4O/c1-14-6-8-16(9-7-14)19-10-11-24-22-21(19)15(2)26-27(22)13-20(28)25-18-5-3-4-17(23)12-18/h3-12H,13H2,1-2H3,(H,25,28). The van der Waals surface area contributed by atoms with E-state index < -0.39 is 0 Å². The van der Waals surface area contributed by atoms with Crippen molar-refractivity contribution in [2.45, 2.75) is 20.4 Å². The van der Waals surface area contributed by atoms with Gasteiger partial charge in [-0.15, -0.1) is 0 Å². The Morgan fingerprint density at radius 2 is 1.89 bits per heavy atom. The molecule has 0 aliphatic heterocycles. The fourth-order valence-electron chi connectivity index (χ4n) is 3.27. The van der Waals surface area contributed by atoms with Gasteiger partial charge in [0.15, 0.2) is 5.65 Å². The number of nitrogens with one attached hydrogen (secondary N) is 1. The van der Waals surface area contributed by atoms with Crippen LogP contribution in [0.1, 0.15) is 11.3 Å². The van der Waals surface area contributed by atoms with Crippen LogP contribution in [0.25, 0.3) is 22.2 Å². The van der Waals surface area contributed by atoms with Crippen LogP contribution in [0.3, 0.4) is 0 Å². The number of rotatable bonds is 4. The molecule has 2 heterocycles. The Morgan fingerprint density at radius 3 is 2.64 bits per heavy atom. The van der Waals surface area contributed by atoms with Crippen LogP contribution in [0.5, 0.6) is 0 Å². The molecule has 0 aliphatic carbocycles. The summed E-state index contributed by atoms with van der Waals surface area (Å²) in [6.07, 6.45) is 1.75. The summed E-state index contributed by atoms with van der Waals surface area (Å²) in [6, 6.07) is 17.4. The third kappa shape index (κ3) is 3.62. The monoisotopic (exact) mass is 390 g/mol. The molecule has 0 saturated carbocycles. The zero-order chi connectivity index (χ0) is 19.7. The number of hydrogen-bond donors (Lipinski definition) is 1. The molecular formula is C22H19ClN4O. The number of benzene rings is 2. The van der Waals surface area contributed by atoms with E-state index in [1.54, 1.807) is 35.1 Å². The highest BCUT2D eigenvalue weighted by Gasteiger charge is 2.16. The lowest BCUT2D eigenvalue weighted by Crippen LogP contribution is -2.19. The van der Waals surface area contributed by atoms with Crippen molar-refractivity contribution in [3.05, 3.63) is 77.1 Å². The van der Waals surface area contributed by atoms with Crippen LogP contribution < -0.4 is 5.32 Å². The highest BCUT2D eigenvalue weighted by molar-refractivity contribution is 6.30. The van der Waals surface area contributed by atoms with E-state index in [0.717, 1.165) is 22.2 Å². The first-order chi connectivity index (χ1) is 13.5. The molecule has 0 unspecified atom stereocenters. The summed E-state index contributed by atoms with van der Waals surface area (Å²) in [5.41, 5.74) is 5.55. The minimum absolute atomic E-state index is 0.0706. The Balaban J connectivity index is 1.66. The zero-order valence-electron chi connectivity index (χ0n) is 15.6. The fourth-order valence-corrected chi connectivity index (χ4v) is 3.46. The maximum absolute atomic E-state index is 12.5. The van der Waals surface area contributed by atoms with Gasteiger partial charge in [-0.3, -0.25) is 4.79 Å². The highest BCUT2D eigenvalue weighted by atomic mass is 35.5. The minimum Gasteiger partial charge on any atom is -0.324 e. The van der Waals surface area contributed by atoms with Gasteiger partial charge in [-0.25, -0.2) is 9.67 Å². The van der Waals surface area contributed by atoms with E-state index in [9.17, 15) is 4.79 Å². The summed E-state index contributed by atoms with van der Waals surface area (Å²) >= 11 is 5.98. The Hall–Kier alpha value is -3.18. The second-order valence-electron chi connectivity index (χ2n) is 6.72. The molecule has 2 aromatic heterocycles. The second kappa shape index (κ2) is 7.44. The van der Waals surface area contributed by atoms with Crippen molar-refractivity contribution in [1.29, 1.82) is 0 Å². The molecule has 0 bridgehead atoms. The molecule has 4 rings (SSSR count). The minimum atomic E-state index is -0.186. The van der Waals surface area contributed by atoms with E-state index in [2.05, 4.69) is 46.6 Å². The Morgan fingerprint density at radius 1 is 1.11 bits per heavy atom. The molecule has 140 valence electrons. The van der Waals surface area contributed by atoms with Gasteiger partial charge in [-0.05, 0) is 49.2 Å². The quantitative estimate of drug-likeness (QED) is 0.533. The first-order valence-electron chi connectivity index (χ1n) is 8.96. The number of carbonyl (C=O) groups is 1. The van der Waals surface area contributed by atoms with Crippen LogP contribution in [-0.2, 0) is 11.3 Å². The molecule has 0 spiro atoms. The average Bonchev–Trinajstić information content (AvgIpc) is 2.98. The average molecular weight is 391 g/mol. The Labute approximate surface area is 168 Å². The van der Waals surface area contributed by atoms with Crippen molar-refractivity contribution in [3.63, 3.8) is 0 Å². The normalized spacial score (nSPS) is 11.0. The number of amides is 1. The number of halogens is 1. The van der Waals surface area contributed by atoms with E-state index in [4.69, 9.17) is 11.6 Å². The molecule has 28 heavy (non-hydrogen) atoms. The maximum Gasteiger partial charge on any atom is 0.246 e. The van der Waals surface area contributed by atoms with Gasteiger partial charge < -0.3 is 5.32 Å². The van der Waals surface area contributed by atoms with Crippen molar-refractivity contribution < 1.29 is 4.79 Å². The summed E-state index contributed by atoms with van der Waals surface area (Å²) in [6.45, 7) is 4.07. The molecule has 0 radical (unpaired) electrons. The molecule has 1 N–H and O–H groups in total. The second-order valence-corrected chi connectivity index (χ2v) is 7.16. The van der Waals surface area contributed by atoms with E-state index in [1.807, 2.05) is 13.0 Å². The molecule has 0 fully saturated rings. The van der Waals surface area contributed by atoms with Gasteiger partial charge in [-0.2, -0.15) is 5.10 Å². The topological polar surface area (TPSA) is 59.8 Å². The smallest absolute Gasteiger partial charge is 0.246 e. The van der Waals surface area contributed by atoms with Crippen LogP contribution in [0.2, 0.25) is 5.02 Å². The Bertz CT molecular complexity index is 1170. The van der Waals surface area contributed by atoms with Crippen molar-refractivity contribution in [1.82, 2.24) is 14.8 Å². The van der Waals surface area contributed by atoms with Gasteiger partial charge in [0.2, 0.25) is 5.91 Å². The fraction of sp³-hybridized carbons (Fsp3) is 0.136. The lowest BCUT2D eigenvalue weighted by Gasteiger charge is -2.07. The molecule has 2 aromatic carbocycles. The molecular weight excluding hydrogens is 372 g/mol. The van der Waals surface area contributed by atoms with Crippen molar-refractivity contribution in [3.8, 4) is 11.1 Å². The summed E-state index contributed by atoms with van der Waals surface area (Å²) < 4.78 is 1.64. The first-order valence-corrected chi connectivity index (χ1v) is 9.33. The first kappa shape index (κ1) is 18.2. The predicted molar refractivity (Wildman–Crippen MR) is 113 cm³/mol. The van der Waals surface area contributed by atoms with Gasteiger partial charge >= 0.3 is 0 Å². The third-order valence-corrected chi connectivity index (χ3v) is 4.81. The van der Waals surface area contributed by atoms with E-state index in [1.165, 1.54) is 5.56 Å². The van der Waals surface area contributed by atoms with Crippen LogP contribution in [0.15, 0.2) is 60.8 Å². The summed E-state index contributed by atoms with van der Waals surface area (Å²) in [5.74, 6) is -0.186. The molecule has 4 aromatic rings. The van der Waals surface area contributed by atoms with Crippen LogP contribution in [-0.4, -0.2) is 20.7 Å². The summed E-state index contributed by atoms with van der Waals surface area (Å²) in [7, 11) is 0. The van der Waals surface area contributed by atoms with Gasteiger partial charge in [0.1, 0.15) is 6.54 Å². The number of aromatic nitrogens is 3. The molecule has 6 heteroatoms. The number of pyridine rings is 1. The van der Waals surface area contributed by atoms with Crippen LogP contribution in [0, 0.1) is 13.8 Å². The molecule has 0 saturated heterocycles. The number of carbonyl (C=O) groups excluding carboxylic acids is 1. The molecule has 5 nitrogen and oxygen atoms in total. The third-order valence-electron chi connectivity index (χ3n) is 4.57. The van der Waals surface area contributed by atoms with E-state index in [-0.39, 0.29) is 12.5 Å². The summed E-state index contributed by atoms with van der Waals surface area (Å²) in [4.78, 5) is 17.0. The van der Waals surface area contributed by atoms with Crippen LogP contribution >= 0.6 is 11.6 Å². The van der Waals surface area contributed by atoms with E-state index >= 15 is 0 Å². The van der Waals surface area contributed by atoms with Crippen molar-refractivity contribution >= 4 is 34.2 Å². The Kier molecular flexibility index (Phi) is 4.84. The number of hydrogen-bond acceptors (Lipinski definition) is 3. The van der Waals surface area contributed by atoms with Crippen molar-refractivity contribution in [2.24, 2.45) is 0 Å². The van der Waals surface area contributed by atoms with Crippen molar-refractivity contribution in [2.75, 3.05) is 5.32 Å². The lowest BCUT2D eigenvalue weighted by molar-refractivity contribution is -0.116. The van der Waals surface area contributed by atoms with Gasteiger partial charge in [0.05, 0.1) is 5.69 Å². The van der Waals surface area contributed by atoms with E-state index in [0.29, 0.717) is 16.4 Å². The number of fused-ring (bicyclic) bond motifs is 1. The van der Waals surface area contributed by atoms with Crippen LogP contribution in [0.4, 0.5) is 5.69 Å². The molecule has 1 amide bonds. The predicted octanol–water partition coefficient (Wildman–Crippen LogP) is 5.01. The zero-order valence-corrected chi connectivity index (χ0v) is 16.4. The molecule has 0 aliphatic rings. The number of nitrogens with zero attached hydrogens (tertiary/aromatic N) is 3. The SMILES string of the molecule is Cc1ccc(-c2ccnc3c2c(C)nn3CC(=O)Nc2cccc(Cl)c2)cc1. The number of anilines is 1. The maximum atomic E-state index is 12.5. The highest BCUT2D eigenvalue weighted by Crippen LogP contribution is 2.30. The van der Waals surface area contributed by atoms with Gasteiger partial charge in [0, 0.05) is 22.3 Å². The molecule has 0 atom stereocenters. The lowest BCUT2D eigenvalue weighted by atomic mass is 10.0. The largest absolute Gasteiger partial charge is 0.324 e. The van der Waals surface area contributed by atoms with Gasteiger partial charge in [0.25, 0.3) is 0 Å². The number of aryl methyl sites for hydroxylation is 2. The summed E-state index contributed by atoms with van der Waals surface area (Å²) in [5, 5.41) is 8.94. The van der Waals surface area contributed by atoms with Gasteiger partial charge in [-0.1, -0.05) is 47.5 Å².